The Hall–Kier alpha value is -1.16. The Bertz CT molecular complexity index is 442. The summed E-state index contributed by atoms with van der Waals surface area (Å²) in [5, 5.41) is 0. The van der Waals surface area contributed by atoms with E-state index in [2.05, 4.69) is 46.4 Å². The van der Waals surface area contributed by atoms with Gasteiger partial charge in [-0.2, -0.15) is 0 Å². The first-order chi connectivity index (χ1) is 10.5. The van der Waals surface area contributed by atoms with Crippen molar-refractivity contribution in [3.63, 3.8) is 0 Å². The summed E-state index contributed by atoms with van der Waals surface area (Å²) < 4.78 is 6.00. The third-order valence-electron chi connectivity index (χ3n) is 3.90. The first kappa shape index (κ1) is 18.9. The first-order valence-corrected chi connectivity index (χ1v) is 8.79. The second-order valence-electron chi connectivity index (χ2n) is 6.05. The molecule has 0 aliphatic heterocycles. The molecular formula is C18H33N3O. The summed E-state index contributed by atoms with van der Waals surface area (Å²) >= 11 is 0. The van der Waals surface area contributed by atoms with E-state index in [1.165, 1.54) is 0 Å². The lowest BCUT2D eigenvalue weighted by Gasteiger charge is -2.19. The lowest BCUT2D eigenvalue weighted by Crippen LogP contribution is -2.28. The topological polar surface area (TPSA) is 38.2 Å². The SMILES string of the molecule is CCc1nc(CC(C)C)c(OCCN(CC)CC)nc1CC. The number of nitrogens with zero attached hydrogens (tertiary/aromatic N) is 3. The van der Waals surface area contributed by atoms with Gasteiger partial charge in [-0.25, -0.2) is 4.98 Å². The van der Waals surface area contributed by atoms with E-state index in [1.54, 1.807) is 0 Å². The molecule has 0 fully saturated rings. The summed E-state index contributed by atoms with van der Waals surface area (Å²) in [6.45, 7) is 16.8. The highest BCUT2D eigenvalue weighted by Gasteiger charge is 2.14. The van der Waals surface area contributed by atoms with E-state index in [0.29, 0.717) is 12.5 Å². The third-order valence-corrected chi connectivity index (χ3v) is 3.90. The third kappa shape index (κ3) is 5.56. The van der Waals surface area contributed by atoms with Crippen molar-refractivity contribution in [1.29, 1.82) is 0 Å². The number of aryl methyl sites for hydroxylation is 2. The summed E-state index contributed by atoms with van der Waals surface area (Å²) in [5.41, 5.74) is 3.21. The number of aromatic nitrogens is 2. The van der Waals surface area contributed by atoms with Gasteiger partial charge in [0.1, 0.15) is 12.3 Å². The molecule has 4 nitrogen and oxygen atoms in total. The zero-order valence-electron chi connectivity index (χ0n) is 15.3. The molecular weight excluding hydrogens is 274 g/mol. The molecule has 22 heavy (non-hydrogen) atoms. The quantitative estimate of drug-likeness (QED) is 0.663. The Balaban J connectivity index is 2.89. The molecule has 1 aromatic heterocycles. The van der Waals surface area contributed by atoms with E-state index in [0.717, 1.165) is 61.9 Å². The summed E-state index contributed by atoms with van der Waals surface area (Å²) in [4.78, 5) is 12.0. The predicted octanol–water partition coefficient (Wildman–Crippen LogP) is 3.52. The second-order valence-corrected chi connectivity index (χ2v) is 6.05. The summed E-state index contributed by atoms with van der Waals surface area (Å²) in [6, 6.07) is 0. The van der Waals surface area contributed by atoms with Gasteiger partial charge in [0.25, 0.3) is 0 Å². The molecule has 0 N–H and O–H groups in total. The van der Waals surface area contributed by atoms with Gasteiger partial charge in [-0.3, -0.25) is 4.98 Å². The molecule has 0 unspecified atom stereocenters. The van der Waals surface area contributed by atoms with Gasteiger partial charge in [-0.15, -0.1) is 0 Å². The lowest BCUT2D eigenvalue weighted by atomic mass is 10.1. The van der Waals surface area contributed by atoms with Crippen LogP contribution in [0.25, 0.3) is 0 Å². The maximum Gasteiger partial charge on any atom is 0.235 e. The van der Waals surface area contributed by atoms with E-state index in [9.17, 15) is 0 Å². The number of hydrogen-bond donors (Lipinski definition) is 0. The summed E-state index contributed by atoms with van der Waals surface area (Å²) in [7, 11) is 0. The molecule has 0 bridgehead atoms. The monoisotopic (exact) mass is 307 g/mol. The Morgan fingerprint density at radius 3 is 2.00 bits per heavy atom. The maximum absolute atomic E-state index is 6.00. The standard InChI is InChI=1S/C18H33N3O/c1-7-15-16(8-2)20-18(17(19-15)13-14(5)6)22-12-11-21(9-3)10-4/h14H,7-13H2,1-6H3. The molecule has 1 aromatic rings. The number of likely N-dealkylation sites (N-methyl/N-ethyl adjacent to an activating group) is 1. The van der Waals surface area contributed by atoms with Gasteiger partial charge in [0, 0.05) is 6.54 Å². The van der Waals surface area contributed by atoms with Gasteiger partial charge < -0.3 is 9.64 Å². The Morgan fingerprint density at radius 2 is 1.50 bits per heavy atom. The number of rotatable bonds is 10. The van der Waals surface area contributed by atoms with Crippen LogP contribution in [0.4, 0.5) is 0 Å². The highest BCUT2D eigenvalue weighted by molar-refractivity contribution is 5.26. The van der Waals surface area contributed by atoms with Crippen molar-refractivity contribution in [2.24, 2.45) is 5.92 Å². The molecule has 1 heterocycles. The van der Waals surface area contributed by atoms with Crippen LogP contribution in [0.2, 0.25) is 0 Å². The van der Waals surface area contributed by atoms with Crippen LogP contribution in [0.1, 0.15) is 58.6 Å². The molecule has 1 rings (SSSR count). The highest BCUT2D eigenvalue weighted by atomic mass is 16.5. The summed E-state index contributed by atoms with van der Waals surface area (Å²) in [5.74, 6) is 1.30. The van der Waals surface area contributed by atoms with Gasteiger partial charge in [0.15, 0.2) is 0 Å². The van der Waals surface area contributed by atoms with Crippen molar-refractivity contribution >= 4 is 0 Å². The molecule has 0 aliphatic carbocycles. The van der Waals surface area contributed by atoms with Crippen LogP contribution in [0.3, 0.4) is 0 Å². The molecule has 0 aromatic carbocycles. The Labute approximate surface area is 136 Å². The van der Waals surface area contributed by atoms with Crippen LogP contribution in [0, 0.1) is 5.92 Å². The molecule has 0 saturated carbocycles. The maximum atomic E-state index is 6.00. The molecule has 0 aliphatic rings. The van der Waals surface area contributed by atoms with E-state index in [-0.39, 0.29) is 0 Å². The predicted molar refractivity (Wildman–Crippen MR) is 92.6 cm³/mol. The molecule has 0 spiro atoms. The van der Waals surface area contributed by atoms with Gasteiger partial charge in [0.05, 0.1) is 11.4 Å². The largest absolute Gasteiger partial charge is 0.475 e. The molecule has 0 radical (unpaired) electrons. The van der Waals surface area contributed by atoms with Gasteiger partial charge >= 0.3 is 0 Å². The smallest absolute Gasteiger partial charge is 0.235 e. The fourth-order valence-corrected chi connectivity index (χ4v) is 2.54. The van der Waals surface area contributed by atoms with E-state index >= 15 is 0 Å². The fraction of sp³-hybridized carbons (Fsp3) is 0.778. The molecule has 0 atom stereocenters. The van der Waals surface area contributed by atoms with Crippen LogP contribution >= 0.6 is 0 Å². The zero-order valence-corrected chi connectivity index (χ0v) is 15.3. The van der Waals surface area contributed by atoms with E-state index in [1.807, 2.05) is 0 Å². The lowest BCUT2D eigenvalue weighted by molar-refractivity contribution is 0.215. The average molecular weight is 307 g/mol. The van der Waals surface area contributed by atoms with Crippen LogP contribution in [-0.4, -0.2) is 41.1 Å². The summed E-state index contributed by atoms with van der Waals surface area (Å²) in [6.07, 6.45) is 2.76. The van der Waals surface area contributed by atoms with Crippen molar-refractivity contribution < 1.29 is 4.74 Å². The minimum absolute atomic E-state index is 0.552. The normalized spacial score (nSPS) is 11.5. The number of hydrogen-bond acceptors (Lipinski definition) is 4. The van der Waals surface area contributed by atoms with Crippen LogP contribution in [-0.2, 0) is 19.3 Å². The van der Waals surface area contributed by atoms with Crippen molar-refractivity contribution in [1.82, 2.24) is 14.9 Å². The molecule has 0 amide bonds. The van der Waals surface area contributed by atoms with Gasteiger partial charge in [-0.1, -0.05) is 41.5 Å². The Morgan fingerprint density at radius 1 is 0.909 bits per heavy atom. The minimum atomic E-state index is 0.552. The first-order valence-electron chi connectivity index (χ1n) is 8.79. The van der Waals surface area contributed by atoms with Crippen molar-refractivity contribution in [3.8, 4) is 5.88 Å². The van der Waals surface area contributed by atoms with Crippen molar-refractivity contribution in [2.45, 2.75) is 60.8 Å². The van der Waals surface area contributed by atoms with Crippen LogP contribution in [0.15, 0.2) is 0 Å². The highest BCUT2D eigenvalue weighted by Crippen LogP contribution is 2.20. The van der Waals surface area contributed by atoms with Crippen molar-refractivity contribution in [3.05, 3.63) is 17.1 Å². The second kappa shape index (κ2) is 9.78. The fourth-order valence-electron chi connectivity index (χ4n) is 2.54. The van der Waals surface area contributed by atoms with Crippen LogP contribution < -0.4 is 4.74 Å². The van der Waals surface area contributed by atoms with Gasteiger partial charge in [-0.05, 0) is 38.3 Å². The zero-order chi connectivity index (χ0) is 16.5. The van der Waals surface area contributed by atoms with Crippen molar-refractivity contribution in [2.75, 3.05) is 26.2 Å². The number of ether oxygens (including phenoxy) is 1. The van der Waals surface area contributed by atoms with Gasteiger partial charge in [0.2, 0.25) is 5.88 Å². The van der Waals surface area contributed by atoms with Crippen LogP contribution in [0.5, 0.6) is 5.88 Å². The van der Waals surface area contributed by atoms with E-state index < -0.39 is 0 Å². The molecule has 0 saturated heterocycles. The average Bonchev–Trinajstić information content (AvgIpc) is 2.51. The Kier molecular flexibility index (Phi) is 8.39. The molecule has 126 valence electrons. The molecule has 4 heteroatoms. The minimum Gasteiger partial charge on any atom is -0.475 e. The van der Waals surface area contributed by atoms with E-state index in [4.69, 9.17) is 14.7 Å².